The van der Waals surface area contributed by atoms with Crippen LogP contribution in [0.25, 0.3) is 0 Å². The second kappa shape index (κ2) is 6.30. The summed E-state index contributed by atoms with van der Waals surface area (Å²) < 4.78 is 39.9. The standard InChI is InChI=1S/C13H13BrF3N3/c14-11-8-10(13(15,16)17)2-3-12(11)19-4-1-6-20-7-5-18-9-20/h2-3,5,7-9,19H,1,4,6H2. The van der Waals surface area contributed by atoms with Gasteiger partial charge in [-0.2, -0.15) is 13.2 Å². The third kappa shape index (κ3) is 4.00. The molecule has 1 heterocycles. The van der Waals surface area contributed by atoms with Crippen LogP contribution in [0.3, 0.4) is 0 Å². The molecule has 0 unspecified atom stereocenters. The Kier molecular flexibility index (Phi) is 4.69. The molecule has 1 aromatic carbocycles. The van der Waals surface area contributed by atoms with Crippen LogP contribution < -0.4 is 5.32 Å². The molecule has 1 aromatic heterocycles. The zero-order chi connectivity index (χ0) is 14.6. The molecule has 2 aromatic rings. The second-order valence-corrected chi connectivity index (χ2v) is 5.13. The van der Waals surface area contributed by atoms with E-state index in [1.807, 2.05) is 10.8 Å². The van der Waals surface area contributed by atoms with Gasteiger partial charge < -0.3 is 9.88 Å². The Morgan fingerprint density at radius 2 is 2.10 bits per heavy atom. The van der Waals surface area contributed by atoms with Gasteiger partial charge in [0.1, 0.15) is 0 Å². The summed E-state index contributed by atoms with van der Waals surface area (Å²) in [7, 11) is 0. The highest BCUT2D eigenvalue weighted by Crippen LogP contribution is 2.33. The summed E-state index contributed by atoms with van der Waals surface area (Å²) in [5.74, 6) is 0. The van der Waals surface area contributed by atoms with Gasteiger partial charge in [-0.25, -0.2) is 4.98 Å². The van der Waals surface area contributed by atoms with Gasteiger partial charge in [-0.1, -0.05) is 0 Å². The number of anilines is 1. The number of hydrogen-bond donors (Lipinski definition) is 1. The Hall–Kier alpha value is -1.50. The molecule has 0 saturated heterocycles. The molecule has 0 aliphatic carbocycles. The smallest absolute Gasteiger partial charge is 0.384 e. The Balaban J connectivity index is 1.87. The first-order valence-corrected chi connectivity index (χ1v) is 6.82. The van der Waals surface area contributed by atoms with E-state index in [-0.39, 0.29) is 0 Å². The van der Waals surface area contributed by atoms with Crippen molar-refractivity contribution in [2.75, 3.05) is 11.9 Å². The van der Waals surface area contributed by atoms with Crippen molar-refractivity contribution in [1.82, 2.24) is 9.55 Å². The van der Waals surface area contributed by atoms with Gasteiger partial charge in [0.05, 0.1) is 11.9 Å². The van der Waals surface area contributed by atoms with Crippen LogP contribution in [0.1, 0.15) is 12.0 Å². The third-order valence-corrected chi connectivity index (χ3v) is 3.42. The van der Waals surface area contributed by atoms with Crippen molar-refractivity contribution >= 4 is 21.6 Å². The SMILES string of the molecule is FC(F)(F)c1ccc(NCCCn2ccnc2)c(Br)c1. The number of nitrogens with zero attached hydrogens (tertiary/aromatic N) is 2. The summed E-state index contributed by atoms with van der Waals surface area (Å²) >= 11 is 3.15. The molecule has 0 amide bonds. The molecule has 0 aliphatic rings. The van der Waals surface area contributed by atoms with Gasteiger partial charge >= 0.3 is 6.18 Å². The zero-order valence-corrected chi connectivity index (χ0v) is 12.1. The minimum atomic E-state index is -4.32. The lowest BCUT2D eigenvalue weighted by atomic mass is 10.2. The second-order valence-electron chi connectivity index (χ2n) is 4.27. The van der Waals surface area contributed by atoms with Crippen molar-refractivity contribution in [1.29, 1.82) is 0 Å². The number of imidazole rings is 1. The van der Waals surface area contributed by atoms with E-state index in [0.29, 0.717) is 16.7 Å². The highest BCUT2D eigenvalue weighted by Gasteiger charge is 2.30. The minimum absolute atomic E-state index is 0.412. The highest BCUT2D eigenvalue weighted by atomic mass is 79.9. The lowest BCUT2D eigenvalue weighted by Crippen LogP contribution is -2.08. The zero-order valence-electron chi connectivity index (χ0n) is 10.5. The number of hydrogen-bond acceptors (Lipinski definition) is 2. The Morgan fingerprint density at radius 3 is 2.70 bits per heavy atom. The van der Waals surface area contributed by atoms with E-state index in [1.165, 1.54) is 6.07 Å². The quantitative estimate of drug-likeness (QED) is 0.822. The highest BCUT2D eigenvalue weighted by molar-refractivity contribution is 9.10. The Bertz CT molecular complexity index is 552. The molecule has 7 heteroatoms. The number of benzene rings is 1. The van der Waals surface area contributed by atoms with Gasteiger partial charge in [0.15, 0.2) is 0 Å². The molecular formula is C13H13BrF3N3. The fourth-order valence-electron chi connectivity index (χ4n) is 1.74. The number of rotatable bonds is 5. The maximum Gasteiger partial charge on any atom is 0.416 e. The van der Waals surface area contributed by atoms with E-state index in [1.54, 1.807) is 12.5 Å². The molecule has 108 valence electrons. The summed E-state index contributed by atoms with van der Waals surface area (Å²) in [4.78, 5) is 3.93. The molecule has 3 nitrogen and oxygen atoms in total. The number of halogens is 4. The average Bonchev–Trinajstić information content (AvgIpc) is 2.88. The summed E-state index contributed by atoms with van der Waals surface area (Å²) in [6, 6.07) is 3.59. The van der Waals surface area contributed by atoms with Gasteiger partial charge in [0.25, 0.3) is 0 Å². The van der Waals surface area contributed by atoms with Crippen molar-refractivity contribution in [3.05, 3.63) is 47.0 Å². The monoisotopic (exact) mass is 347 g/mol. The van der Waals surface area contributed by atoms with Crippen LogP contribution in [-0.2, 0) is 12.7 Å². The van der Waals surface area contributed by atoms with Crippen LogP contribution >= 0.6 is 15.9 Å². The van der Waals surface area contributed by atoms with Gasteiger partial charge in [0, 0.05) is 35.6 Å². The Morgan fingerprint density at radius 1 is 1.30 bits per heavy atom. The molecule has 0 atom stereocenters. The number of aromatic nitrogens is 2. The van der Waals surface area contributed by atoms with E-state index in [0.717, 1.165) is 25.1 Å². The van der Waals surface area contributed by atoms with Crippen LogP contribution in [0.2, 0.25) is 0 Å². The summed E-state index contributed by atoms with van der Waals surface area (Å²) in [5.41, 5.74) is -0.00280. The van der Waals surface area contributed by atoms with Crippen LogP contribution in [0, 0.1) is 0 Å². The molecule has 0 fully saturated rings. The van der Waals surface area contributed by atoms with E-state index < -0.39 is 11.7 Å². The van der Waals surface area contributed by atoms with E-state index in [9.17, 15) is 13.2 Å². The lowest BCUT2D eigenvalue weighted by Gasteiger charge is -2.12. The fraction of sp³-hybridized carbons (Fsp3) is 0.308. The molecule has 0 radical (unpaired) electrons. The molecule has 0 saturated carbocycles. The van der Waals surface area contributed by atoms with Crippen molar-refractivity contribution in [3.63, 3.8) is 0 Å². The number of aryl methyl sites for hydroxylation is 1. The van der Waals surface area contributed by atoms with E-state index in [4.69, 9.17) is 0 Å². The first-order chi connectivity index (χ1) is 9.47. The summed E-state index contributed by atoms with van der Waals surface area (Å²) in [6.07, 6.45) is 1.84. The van der Waals surface area contributed by atoms with Crippen LogP contribution in [-0.4, -0.2) is 16.1 Å². The van der Waals surface area contributed by atoms with E-state index >= 15 is 0 Å². The average molecular weight is 348 g/mol. The molecular weight excluding hydrogens is 335 g/mol. The summed E-state index contributed by atoms with van der Waals surface area (Å²) in [6.45, 7) is 1.48. The van der Waals surface area contributed by atoms with Crippen molar-refractivity contribution in [3.8, 4) is 0 Å². The number of nitrogens with one attached hydrogen (secondary N) is 1. The third-order valence-electron chi connectivity index (χ3n) is 2.76. The molecule has 20 heavy (non-hydrogen) atoms. The lowest BCUT2D eigenvalue weighted by molar-refractivity contribution is -0.137. The molecule has 0 aliphatic heterocycles. The van der Waals surface area contributed by atoms with E-state index in [2.05, 4.69) is 26.2 Å². The minimum Gasteiger partial charge on any atom is -0.384 e. The fourth-order valence-corrected chi connectivity index (χ4v) is 2.26. The molecule has 0 spiro atoms. The molecule has 2 rings (SSSR count). The summed E-state index contributed by atoms with van der Waals surface area (Å²) in [5, 5.41) is 3.11. The first-order valence-electron chi connectivity index (χ1n) is 6.03. The van der Waals surface area contributed by atoms with Crippen molar-refractivity contribution < 1.29 is 13.2 Å². The normalized spacial score (nSPS) is 11.6. The first kappa shape index (κ1) is 14.9. The maximum absolute atomic E-state index is 12.5. The van der Waals surface area contributed by atoms with Crippen molar-refractivity contribution in [2.24, 2.45) is 0 Å². The van der Waals surface area contributed by atoms with Crippen molar-refractivity contribution in [2.45, 2.75) is 19.1 Å². The van der Waals surface area contributed by atoms with Gasteiger partial charge in [-0.3, -0.25) is 0 Å². The predicted octanol–water partition coefficient (Wildman–Crippen LogP) is 4.17. The van der Waals surface area contributed by atoms with Gasteiger partial charge in [0.2, 0.25) is 0 Å². The van der Waals surface area contributed by atoms with Gasteiger partial charge in [-0.15, -0.1) is 0 Å². The van der Waals surface area contributed by atoms with Gasteiger partial charge in [-0.05, 0) is 40.5 Å². The van der Waals surface area contributed by atoms with Crippen LogP contribution in [0.15, 0.2) is 41.4 Å². The Labute approximate surface area is 123 Å². The maximum atomic E-state index is 12.5. The topological polar surface area (TPSA) is 29.9 Å². The number of alkyl halides is 3. The van der Waals surface area contributed by atoms with Crippen LogP contribution in [0.5, 0.6) is 0 Å². The molecule has 0 bridgehead atoms. The van der Waals surface area contributed by atoms with Crippen LogP contribution in [0.4, 0.5) is 18.9 Å². The largest absolute Gasteiger partial charge is 0.416 e. The molecule has 1 N–H and O–H groups in total. The predicted molar refractivity (Wildman–Crippen MR) is 74.5 cm³/mol.